The lowest BCUT2D eigenvalue weighted by molar-refractivity contribution is -0.0462. The van der Waals surface area contributed by atoms with Crippen molar-refractivity contribution in [2.75, 3.05) is 20.0 Å². The van der Waals surface area contributed by atoms with Crippen molar-refractivity contribution >= 4 is 17.0 Å². The van der Waals surface area contributed by atoms with Crippen molar-refractivity contribution in [2.45, 2.75) is 31.7 Å². The number of nitrogens with one attached hydrogen (secondary N) is 1. The summed E-state index contributed by atoms with van der Waals surface area (Å²) in [6.07, 6.45) is -1.07. The zero-order chi connectivity index (χ0) is 19.4. The van der Waals surface area contributed by atoms with Crippen LogP contribution in [0, 0.1) is 17.7 Å². The van der Waals surface area contributed by atoms with Crippen molar-refractivity contribution in [2.24, 2.45) is 5.73 Å². The van der Waals surface area contributed by atoms with Crippen LogP contribution in [-0.4, -0.2) is 51.2 Å². The molecule has 0 amide bonds. The van der Waals surface area contributed by atoms with Crippen molar-refractivity contribution < 1.29 is 19.3 Å². The van der Waals surface area contributed by atoms with E-state index >= 15 is 0 Å². The number of anilines is 1. The van der Waals surface area contributed by atoms with Gasteiger partial charge < -0.3 is 20.7 Å². The van der Waals surface area contributed by atoms with Crippen LogP contribution in [0.4, 0.5) is 10.3 Å². The van der Waals surface area contributed by atoms with Gasteiger partial charge in [-0.3, -0.25) is 20.1 Å². The van der Waals surface area contributed by atoms with Crippen LogP contribution in [0.1, 0.15) is 13.8 Å². The lowest BCUT2D eigenvalue weighted by Crippen LogP contribution is -2.56. The van der Waals surface area contributed by atoms with Gasteiger partial charge >= 0.3 is 0 Å². The second-order valence-corrected chi connectivity index (χ2v) is 5.08. The summed E-state index contributed by atoms with van der Waals surface area (Å²) in [5, 5.41) is 17.2. The molecule has 138 valence electrons. The van der Waals surface area contributed by atoms with Crippen molar-refractivity contribution in [3.63, 3.8) is 0 Å². The molecule has 9 nitrogen and oxygen atoms in total. The average Bonchev–Trinajstić information content (AvgIpc) is 2.92. The van der Waals surface area contributed by atoms with Crippen molar-refractivity contribution in [3.8, 4) is 11.8 Å². The smallest absolute Gasteiger partial charge is 0.264 e. The Morgan fingerprint density at radius 2 is 2.12 bits per heavy atom. The number of aromatic nitrogens is 3. The SMILES string of the molecule is CC#C[C@@](N)(C(O)C(C)OC)n1cc(F)c2c(=O)[nH]c(N)nc21.CO. The Hall–Kier alpha value is -2.45. The molecule has 10 heteroatoms. The predicted octanol–water partition coefficient (Wildman–Crippen LogP) is -0.915. The van der Waals surface area contributed by atoms with Gasteiger partial charge in [0.2, 0.25) is 5.95 Å². The third-order valence-corrected chi connectivity index (χ3v) is 3.62. The van der Waals surface area contributed by atoms with Gasteiger partial charge in [0.05, 0.1) is 6.10 Å². The van der Waals surface area contributed by atoms with Crippen LogP contribution in [0.2, 0.25) is 0 Å². The normalized spacial score (nSPS) is 15.4. The van der Waals surface area contributed by atoms with E-state index < -0.39 is 29.2 Å². The minimum absolute atomic E-state index is 0.114. The molecule has 2 aromatic rings. The van der Waals surface area contributed by atoms with Crippen LogP contribution in [0.3, 0.4) is 0 Å². The highest BCUT2D eigenvalue weighted by atomic mass is 19.1. The number of halogens is 1. The van der Waals surface area contributed by atoms with Crippen molar-refractivity contribution in [1.82, 2.24) is 14.5 Å². The molecule has 25 heavy (non-hydrogen) atoms. The summed E-state index contributed by atoms with van der Waals surface area (Å²) >= 11 is 0. The molecule has 0 spiro atoms. The van der Waals surface area contributed by atoms with E-state index in [1.54, 1.807) is 6.92 Å². The Balaban J connectivity index is 0.00000151. The van der Waals surface area contributed by atoms with E-state index in [0.717, 1.165) is 17.9 Å². The van der Waals surface area contributed by atoms with E-state index in [1.165, 1.54) is 14.0 Å². The van der Waals surface area contributed by atoms with Gasteiger partial charge in [-0.15, -0.1) is 5.92 Å². The Morgan fingerprint density at radius 3 is 2.64 bits per heavy atom. The largest absolute Gasteiger partial charge is 0.400 e. The van der Waals surface area contributed by atoms with Crippen molar-refractivity contribution in [3.05, 3.63) is 22.4 Å². The molecule has 0 fully saturated rings. The van der Waals surface area contributed by atoms with Crippen LogP contribution in [0.15, 0.2) is 11.0 Å². The first-order valence-electron chi connectivity index (χ1n) is 7.21. The van der Waals surface area contributed by atoms with E-state index in [0.29, 0.717) is 0 Å². The molecule has 2 aromatic heterocycles. The van der Waals surface area contributed by atoms with E-state index in [9.17, 15) is 14.3 Å². The summed E-state index contributed by atoms with van der Waals surface area (Å²) in [7, 11) is 2.39. The maximum absolute atomic E-state index is 14.2. The molecule has 0 bridgehead atoms. The summed E-state index contributed by atoms with van der Waals surface area (Å²) in [6.45, 7) is 3.10. The predicted molar refractivity (Wildman–Crippen MR) is 91.0 cm³/mol. The summed E-state index contributed by atoms with van der Waals surface area (Å²) in [5.74, 6) is 4.17. The Morgan fingerprint density at radius 1 is 1.52 bits per heavy atom. The number of nitrogen functional groups attached to an aromatic ring is 1. The van der Waals surface area contributed by atoms with Crippen LogP contribution in [0.25, 0.3) is 11.0 Å². The van der Waals surface area contributed by atoms with Gasteiger partial charge in [0.25, 0.3) is 5.56 Å². The first-order valence-corrected chi connectivity index (χ1v) is 7.21. The van der Waals surface area contributed by atoms with E-state index in [1.807, 2.05) is 0 Å². The number of methoxy groups -OCH3 is 1. The number of aromatic amines is 1. The highest BCUT2D eigenvalue weighted by Gasteiger charge is 2.40. The second kappa shape index (κ2) is 8.09. The minimum atomic E-state index is -1.76. The second-order valence-electron chi connectivity index (χ2n) is 5.08. The highest BCUT2D eigenvalue weighted by molar-refractivity contribution is 5.77. The Bertz CT molecular complexity index is 853. The zero-order valence-electron chi connectivity index (χ0n) is 14.4. The monoisotopic (exact) mass is 355 g/mol. The number of hydrogen-bond donors (Lipinski definition) is 5. The quantitative estimate of drug-likeness (QED) is 0.445. The molecule has 0 aromatic carbocycles. The van der Waals surface area contributed by atoms with Gasteiger partial charge in [-0.25, -0.2) is 4.39 Å². The maximum atomic E-state index is 14.2. The van der Waals surface area contributed by atoms with Gasteiger partial charge in [0.15, 0.2) is 17.1 Å². The van der Waals surface area contributed by atoms with Crippen LogP contribution in [-0.2, 0) is 10.4 Å². The molecular weight excluding hydrogens is 333 g/mol. The summed E-state index contributed by atoms with van der Waals surface area (Å²) in [6, 6.07) is 0. The van der Waals surface area contributed by atoms with Crippen molar-refractivity contribution in [1.29, 1.82) is 0 Å². The molecular formula is C15H22FN5O4. The molecule has 2 heterocycles. The number of fused-ring (bicyclic) bond motifs is 1. The van der Waals surface area contributed by atoms with Crippen LogP contribution in [0.5, 0.6) is 0 Å². The van der Waals surface area contributed by atoms with Gasteiger partial charge in [-0.2, -0.15) is 4.98 Å². The van der Waals surface area contributed by atoms with E-state index in [4.69, 9.17) is 21.3 Å². The number of hydrogen-bond acceptors (Lipinski definition) is 7. The number of aliphatic hydroxyl groups is 2. The fourth-order valence-corrected chi connectivity index (χ4v) is 2.35. The zero-order valence-corrected chi connectivity index (χ0v) is 14.4. The molecule has 3 atom stereocenters. The highest BCUT2D eigenvalue weighted by Crippen LogP contribution is 2.25. The number of H-pyrrole nitrogens is 1. The molecule has 0 saturated carbocycles. The molecule has 0 aliphatic rings. The number of nitrogens with zero attached hydrogens (tertiary/aromatic N) is 2. The average molecular weight is 355 g/mol. The van der Waals surface area contributed by atoms with Gasteiger partial charge in [-0.1, -0.05) is 5.92 Å². The topological polar surface area (TPSA) is 152 Å². The standard InChI is InChI=1S/C14H18FN5O3.CH4O/c1-4-5-14(17,10(21)7(2)23-3)20-6-8(15)9-11(20)18-13(16)19-12(9)22;1-2/h6-7,10,21H,17H2,1-3H3,(H3,16,18,19,22);2H,1H3/t7?,10?,14-;/m0./s1. The van der Waals surface area contributed by atoms with Gasteiger partial charge in [0.1, 0.15) is 11.5 Å². The van der Waals surface area contributed by atoms with Gasteiger partial charge in [-0.05, 0) is 13.8 Å². The fraction of sp³-hybridized carbons (Fsp3) is 0.467. The summed E-state index contributed by atoms with van der Waals surface area (Å²) in [5.41, 5.74) is 9.12. The van der Waals surface area contributed by atoms with Crippen LogP contribution >= 0.6 is 0 Å². The first-order chi connectivity index (χ1) is 11.8. The van der Waals surface area contributed by atoms with E-state index in [-0.39, 0.29) is 17.0 Å². The van der Waals surface area contributed by atoms with Crippen LogP contribution < -0.4 is 17.0 Å². The number of ether oxygens (including phenoxy) is 1. The molecule has 0 saturated heterocycles. The molecule has 0 aliphatic carbocycles. The first kappa shape index (κ1) is 20.6. The molecule has 0 radical (unpaired) electrons. The third kappa shape index (κ3) is 3.64. The van der Waals surface area contributed by atoms with E-state index in [2.05, 4.69) is 21.8 Å². The summed E-state index contributed by atoms with van der Waals surface area (Å²) in [4.78, 5) is 18.0. The Labute approximate surface area is 143 Å². The maximum Gasteiger partial charge on any atom is 0.264 e. The number of nitrogens with two attached hydrogens (primary N) is 2. The third-order valence-electron chi connectivity index (χ3n) is 3.62. The molecule has 2 unspecified atom stereocenters. The molecule has 0 aliphatic heterocycles. The lowest BCUT2D eigenvalue weighted by atomic mass is 9.99. The Kier molecular flexibility index (Phi) is 6.66. The number of aliphatic hydroxyl groups excluding tert-OH is 2. The van der Waals surface area contributed by atoms with Gasteiger partial charge in [0, 0.05) is 20.4 Å². The lowest BCUT2D eigenvalue weighted by Gasteiger charge is -2.34. The molecule has 7 N–H and O–H groups in total. The summed E-state index contributed by atoms with van der Waals surface area (Å²) < 4.78 is 20.3. The molecule has 2 rings (SSSR count). The minimum Gasteiger partial charge on any atom is -0.400 e. The fourth-order valence-electron chi connectivity index (χ4n) is 2.35. The number of rotatable bonds is 4.